The summed E-state index contributed by atoms with van der Waals surface area (Å²) in [6, 6.07) is 10.4. The van der Waals surface area contributed by atoms with Gasteiger partial charge in [-0.1, -0.05) is 44.2 Å². The number of fused-ring (bicyclic) bond motifs is 1. The minimum atomic E-state index is 0.416. The van der Waals surface area contributed by atoms with E-state index in [4.69, 9.17) is 4.99 Å². The summed E-state index contributed by atoms with van der Waals surface area (Å²) < 4.78 is 0. The number of hydrazine groups is 1. The first-order valence-corrected chi connectivity index (χ1v) is 7.56. The van der Waals surface area contributed by atoms with Gasteiger partial charge in [0.2, 0.25) is 0 Å². The van der Waals surface area contributed by atoms with Crippen LogP contribution >= 0.6 is 0 Å². The molecule has 2 heterocycles. The van der Waals surface area contributed by atoms with Gasteiger partial charge in [-0.05, 0) is 18.4 Å². The second-order valence-electron chi connectivity index (χ2n) is 5.61. The zero-order valence-corrected chi connectivity index (χ0v) is 12.9. The molecule has 0 aliphatic carbocycles. The van der Waals surface area contributed by atoms with E-state index in [9.17, 15) is 0 Å². The Labute approximate surface area is 126 Å². The van der Waals surface area contributed by atoms with Crippen molar-refractivity contribution in [2.75, 3.05) is 13.1 Å². The van der Waals surface area contributed by atoms with E-state index in [2.05, 4.69) is 67.0 Å². The van der Waals surface area contributed by atoms with Crippen LogP contribution in [0.2, 0.25) is 0 Å². The molecule has 2 aliphatic rings. The van der Waals surface area contributed by atoms with Gasteiger partial charge in [0.15, 0.2) is 0 Å². The van der Waals surface area contributed by atoms with E-state index in [1.54, 1.807) is 0 Å². The van der Waals surface area contributed by atoms with Gasteiger partial charge in [-0.3, -0.25) is 10.4 Å². The lowest BCUT2D eigenvalue weighted by molar-refractivity contribution is 0.307. The van der Waals surface area contributed by atoms with E-state index in [-0.39, 0.29) is 0 Å². The third-order valence-corrected chi connectivity index (χ3v) is 3.80. The van der Waals surface area contributed by atoms with Crippen molar-refractivity contribution in [2.24, 2.45) is 10.9 Å². The highest BCUT2D eigenvalue weighted by Gasteiger charge is 2.28. The summed E-state index contributed by atoms with van der Waals surface area (Å²) in [4.78, 5) is 4.97. The van der Waals surface area contributed by atoms with Crippen molar-refractivity contribution in [1.29, 1.82) is 0 Å². The standard InChI is InChI=1S/C17H22N4/c1-4-21-15-11-18-10-14(13-8-6-5-7-9-13)19-17(15)16(20-21)12(2)3/h5-9,11-12,18,20H,4,10H2,1-3H3. The number of aliphatic imine (C=N–C) groups is 1. The summed E-state index contributed by atoms with van der Waals surface area (Å²) in [6.45, 7) is 8.19. The van der Waals surface area contributed by atoms with Crippen LogP contribution in [0.25, 0.3) is 0 Å². The maximum absolute atomic E-state index is 4.97. The second kappa shape index (κ2) is 5.64. The van der Waals surface area contributed by atoms with Crippen LogP contribution in [0.15, 0.2) is 58.6 Å². The molecule has 1 aromatic carbocycles. The predicted octanol–water partition coefficient (Wildman–Crippen LogP) is 2.63. The molecule has 1 aromatic rings. The molecule has 4 heteroatoms. The van der Waals surface area contributed by atoms with E-state index in [1.165, 1.54) is 11.3 Å². The molecular weight excluding hydrogens is 260 g/mol. The van der Waals surface area contributed by atoms with E-state index in [0.717, 1.165) is 30.2 Å². The Morgan fingerprint density at radius 3 is 2.67 bits per heavy atom. The molecule has 21 heavy (non-hydrogen) atoms. The van der Waals surface area contributed by atoms with Crippen molar-refractivity contribution >= 4 is 5.71 Å². The molecule has 4 nitrogen and oxygen atoms in total. The number of nitrogens with one attached hydrogen (secondary N) is 2. The third-order valence-electron chi connectivity index (χ3n) is 3.80. The predicted molar refractivity (Wildman–Crippen MR) is 86.4 cm³/mol. The number of benzene rings is 1. The summed E-state index contributed by atoms with van der Waals surface area (Å²) in [6.07, 6.45) is 2.07. The monoisotopic (exact) mass is 282 g/mol. The normalized spacial score (nSPS) is 17.8. The van der Waals surface area contributed by atoms with Crippen molar-refractivity contribution in [1.82, 2.24) is 15.8 Å². The van der Waals surface area contributed by atoms with E-state index < -0.39 is 0 Å². The lowest BCUT2D eigenvalue weighted by Gasteiger charge is -2.20. The van der Waals surface area contributed by atoms with E-state index >= 15 is 0 Å². The van der Waals surface area contributed by atoms with Crippen LogP contribution in [0, 0.1) is 5.92 Å². The molecular formula is C17H22N4. The first-order valence-electron chi connectivity index (χ1n) is 7.56. The molecule has 0 amide bonds. The van der Waals surface area contributed by atoms with Crippen molar-refractivity contribution in [2.45, 2.75) is 20.8 Å². The molecule has 0 spiro atoms. The van der Waals surface area contributed by atoms with Gasteiger partial charge in [0.1, 0.15) is 11.4 Å². The lowest BCUT2D eigenvalue weighted by Crippen LogP contribution is -2.32. The molecule has 0 saturated heterocycles. The van der Waals surface area contributed by atoms with Crippen molar-refractivity contribution in [3.63, 3.8) is 0 Å². The summed E-state index contributed by atoms with van der Waals surface area (Å²) in [7, 11) is 0. The Balaban J connectivity index is 2.06. The molecule has 2 aliphatic heterocycles. The van der Waals surface area contributed by atoms with E-state index in [0.29, 0.717) is 5.92 Å². The first kappa shape index (κ1) is 13.7. The van der Waals surface area contributed by atoms with Gasteiger partial charge in [-0.2, -0.15) is 0 Å². The largest absolute Gasteiger partial charge is 0.383 e. The van der Waals surface area contributed by atoms with Crippen LogP contribution in [0.5, 0.6) is 0 Å². The average molecular weight is 282 g/mol. The molecule has 0 radical (unpaired) electrons. The van der Waals surface area contributed by atoms with Gasteiger partial charge < -0.3 is 5.32 Å². The fourth-order valence-corrected chi connectivity index (χ4v) is 2.66. The highest BCUT2D eigenvalue weighted by molar-refractivity contribution is 6.03. The van der Waals surface area contributed by atoms with Crippen LogP contribution in [0.4, 0.5) is 0 Å². The molecule has 0 atom stereocenters. The maximum atomic E-state index is 4.97. The van der Waals surface area contributed by atoms with Crippen LogP contribution in [-0.4, -0.2) is 23.8 Å². The van der Waals surface area contributed by atoms with Crippen molar-refractivity contribution in [3.8, 4) is 0 Å². The Morgan fingerprint density at radius 2 is 2.00 bits per heavy atom. The van der Waals surface area contributed by atoms with Gasteiger partial charge in [-0.25, -0.2) is 4.99 Å². The third kappa shape index (κ3) is 2.53. The highest BCUT2D eigenvalue weighted by atomic mass is 15.5. The quantitative estimate of drug-likeness (QED) is 0.895. The number of hydrogen-bond acceptors (Lipinski definition) is 4. The number of nitrogens with zero attached hydrogens (tertiary/aromatic N) is 2. The summed E-state index contributed by atoms with van der Waals surface area (Å²) in [5.74, 6) is 0.416. The molecule has 0 bridgehead atoms. The van der Waals surface area contributed by atoms with Crippen molar-refractivity contribution in [3.05, 3.63) is 59.2 Å². The summed E-state index contributed by atoms with van der Waals surface area (Å²) >= 11 is 0. The van der Waals surface area contributed by atoms with Gasteiger partial charge >= 0.3 is 0 Å². The Kier molecular flexibility index (Phi) is 3.69. The highest BCUT2D eigenvalue weighted by Crippen LogP contribution is 2.30. The molecule has 0 unspecified atom stereocenters. The van der Waals surface area contributed by atoms with E-state index in [1.807, 2.05) is 6.07 Å². The number of likely N-dealkylation sites (N-methyl/N-ethyl adjacent to an activating group) is 1. The SMILES string of the molecule is CCN1NC(C(C)C)=C2N=C(c3ccccc3)CNC=C21. The molecule has 110 valence electrons. The molecule has 0 fully saturated rings. The zero-order valence-electron chi connectivity index (χ0n) is 12.9. The minimum absolute atomic E-state index is 0.416. The van der Waals surface area contributed by atoms with Gasteiger partial charge in [0.25, 0.3) is 0 Å². The second-order valence-corrected chi connectivity index (χ2v) is 5.61. The van der Waals surface area contributed by atoms with Gasteiger partial charge in [-0.15, -0.1) is 0 Å². The van der Waals surface area contributed by atoms with Crippen LogP contribution < -0.4 is 10.7 Å². The molecule has 2 N–H and O–H groups in total. The maximum Gasteiger partial charge on any atom is 0.111 e. The topological polar surface area (TPSA) is 39.7 Å². The zero-order chi connectivity index (χ0) is 14.8. The van der Waals surface area contributed by atoms with Crippen LogP contribution in [0.1, 0.15) is 26.3 Å². The lowest BCUT2D eigenvalue weighted by atomic mass is 10.1. The van der Waals surface area contributed by atoms with Crippen molar-refractivity contribution < 1.29 is 0 Å². The Morgan fingerprint density at radius 1 is 1.24 bits per heavy atom. The van der Waals surface area contributed by atoms with Crippen LogP contribution in [-0.2, 0) is 0 Å². The fourth-order valence-electron chi connectivity index (χ4n) is 2.66. The molecule has 3 rings (SSSR count). The summed E-state index contributed by atoms with van der Waals surface area (Å²) in [5, 5.41) is 5.53. The smallest absolute Gasteiger partial charge is 0.111 e. The Bertz CT molecular complexity index is 611. The number of hydrogen-bond donors (Lipinski definition) is 2. The molecule has 0 aromatic heterocycles. The average Bonchev–Trinajstić information content (AvgIpc) is 2.71. The first-order chi connectivity index (χ1) is 10.2. The number of rotatable bonds is 3. The molecule has 0 saturated carbocycles. The van der Waals surface area contributed by atoms with Gasteiger partial charge in [0, 0.05) is 12.7 Å². The van der Waals surface area contributed by atoms with Crippen LogP contribution in [0.3, 0.4) is 0 Å². The minimum Gasteiger partial charge on any atom is -0.383 e. The Hall–Kier alpha value is -2.23. The summed E-state index contributed by atoms with van der Waals surface area (Å²) in [5.41, 5.74) is 9.12. The van der Waals surface area contributed by atoms with Gasteiger partial charge in [0.05, 0.1) is 18.0 Å². The number of allylic oxidation sites excluding steroid dienone is 1. The fraction of sp³-hybridized carbons (Fsp3) is 0.353.